The average molecular weight is 258 g/mol. The highest BCUT2D eigenvalue weighted by atomic mass is 16.4. The van der Waals surface area contributed by atoms with Gasteiger partial charge >= 0.3 is 12.0 Å². The molecule has 0 saturated heterocycles. The molecule has 0 aliphatic rings. The minimum absolute atomic E-state index is 0.120. The maximum Gasteiger partial charge on any atom is 0.315 e. The quantitative estimate of drug-likeness (QED) is 0.556. The number of carbonyl (C=O) groups excluding carboxylic acids is 1. The third-order valence-corrected chi connectivity index (χ3v) is 3.51. The van der Waals surface area contributed by atoms with Gasteiger partial charge in [0, 0.05) is 18.5 Å². The SMILES string of the molecule is CCC(CC)(CC)NC(=O)NCCCCC(=O)O. The van der Waals surface area contributed by atoms with Gasteiger partial charge in [-0.25, -0.2) is 4.79 Å². The third-order valence-electron chi connectivity index (χ3n) is 3.51. The zero-order valence-corrected chi connectivity index (χ0v) is 11.7. The Bertz CT molecular complexity index is 255. The summed E-state index contributed by atoms with van der Waals surface area (Å²) in [5.74, 6) is -0.790. The Morgan fingerprint density at radius 1 is 1.06 bits per heavy atom. The summed E-state index contributed by atoms with van der Waals surface area (Å²) in [6.07, 6.45) is 4.17. The summed E-state index contributed by atoms with van der Waals surface area (Å²) in [7, 11) is 0. The van der Waals surface area contributed by atoms with Crippen LogP contribution in [-0.4, -0.2) is 29.2 Å². The standard InChI is InChI=1S/C13H26N2O3/c1-4-13(5-2,6-3)15-12(18)14-10-8-7-9-11(16)17/h4-10H2,1-3H3,(H,16,17)(H2,14,15,18). The molecule has 0 atom stereocenters. The molecule has 0 unspecified atom stereocenters. The van der Waals surface area contributed by atoms with Crippen molar-refractivity contribution < 1.29 is 14.7 Å². The van der Waals surface area contributed by atoms with E-state index in [9.17, 15) is 9.59 Å². The lowest BCUT2D eigenvalue weighted by atomic mass is 9.90. The Hall–Kier alpha value is -1.26. The Morgan fingerprint density at radius 3 is 2.06 bits per heavy atom. The lowest BCUT2D eigenvalue weighted by molar-refractivity contribution is -0.137. The number of unbranched alkanes of at least 4 members (excludes halogenated alkanes) is 1. The van der Waals surface area contributed by atoms with E-state index in [1.807, 2.05) is 0 Å². The van der Waals surface area contributed by atoms with Crippen molar-refractivity contribution in [3.05, 3.63) is 0 Å². The highest BCUT2D eigenvalue weighted by molar-refractivity contribution is 5.74. The normalized spacial score (nSPS) is 11.1. The molecule has 0 aliphatic carbocycles. The van der Waals surface area contributed by atoms with Crippen LogP contribution in [0.4, 0.5) is 4.79 Å². The molecular weight excluding hydrogens is 232 g/mol. The number of rotatable bonds is 9. The fraction of sp³-hybridized carbons (Fsp3) is 0.846. The van der Waals surface area contributed by atoms with Crippen molar-refractivity contribution in [3.8, 4) is 0 Å². The molecule has 0 radical (unpaired) electrons. The van der Waals surface area contributed by atoms with E-state index >= 15 is 0 Å². The molecule has 0 aromatic heterocycles. The number of nitrogens with one attached hydrogen (secondary N) is 2. The molecule has 18 heavy (non-hydrogen) atoms. The van der Waals surface area contributed by atoms with Gasteiger partial charge in [-0.2, -0.15) is 0 Å². The fourth-order valence-corrected chi connectivity index (χ4v) is 1.90. The van der Waals surface area contributed by atoms with E-state index in [0.29, 0.717) is 19.4 Å². The molecule has 0 aromatic carbocycles. The van der Waals surface area contributed by atoms with E-state index < -0.39 is 5.97 Å². The number of amides is 2. The first kappa shape index (κ1) is 16.7. The van der Waals surface area contributed by atoms with Crippen LogP contribution in [0.2, 0.25) is 0 Å². The molecule has 5 nitrogen and oxygen atoms in total. The van der Waals surface area contributed by atoms with Crippen molar-refractivity contribution in [2.24, 2.45) is 0 Å². The van der Waals surface area contributed by atoms with Crippen LogP contribution >= 0.6 is 0 Å². The number of carboxylic acids is 1. The second kappa shape index (κ2) is 8.78. The van der Waals surface area contributed by atoms with Gasteiger partial charge in [0.1, 0.15) is 0 Å². The van der Waals surface area contributed by atoms with Gasteiger partial charge in [-0.1, -0.05) is 20.8 Å². The summed E-state index contributed by atoms with van der Waals surface area (Å²) >= 11 is 0. The van der Waals surface area contributed by atoms with Gasteiger partial charge in [0.2, 0.25) is 0 Å². The van der Waals surface area contributed by atoms with Crippen LogP contribution < -0.4 is 10.6 Å². The first-order valence-corrected chi connectivity index (χ1v) is 6.77. The van der Waals surface area contributed by atoms with E-state index in [2.05, 4.69) is 31.4 Å². The van der Waals surface area contributed by atoms with E-state index in [4.69, 9.17) is 5.11 Å². The van der Waals surface area contributed by atoms with E-state index in [-0.39, 0.29) is 18.0 Å². The molecule has 0 aliphatic heterocycles. The molecule has 0 spiro atoms. The van der Waals surface area contributed by atoms with Gasteiger partial charge in [0.05, 0.1) is 0 Å². The summed E-state index contributed by atoms with van der Waals surface area (Å²) < 4.78 is 0. The molecule has 2 amide bonds. The minimum atomic E-state index is -0.790. The maximum atomic E-state index is 11.7. The number of carboxylic acid groups (broad SMARTS) is 1. The topological polar surface area (TPSA) is 78.4 Å². The van der Waals surface area contributed by atoms with E-state index in [1.165, 1.54) is 0 Å². The van der Waals surface area contributed by atoms with Gasteiger partial charge in [0.25, 0.3) is 0 Å². The van der Waals surface area contributed by atoms with Crippen LogP contribution in [0.15, 0.2) is 0 Å². The van der Waals surface area contributed by atoms with E-state index in [1.54, 1.807) is 0 Å². The number of hydrogen-bond acceptors (Lipinski definition) is 2. The predicted molar refractivity (Wildman–Crippen MR) is 71.6 cm³/mol. The highest BCUT2D eigenvalue weighted by Gasteiger charge is 2.25. The molecule has 0 fully saturated rings. The van der Waals surface area contributed by atoms with Crippen LogP contribution in [-0.2, 0) is 4.79 Å². The molecule has 5 heteroatoms. The molecule has 0 aromatic rings. The van der Waals surface area contributed by atoms with Crippen molar-refractivity contribution in [1.82, 2.24) is 10.6 Å². The van der Waals surface area contributed by atoms with Gasteiger partial charge in [-0.05, 0) is 32.1 Å². The molecule has 0 rings (SSSR count). The second-order valence-corrected chi connectivity index (χ2v) is 4.57. The summed E-state index contributed by atoms with van der Waals surface area (Å²) in [4.78, 5) is 22.0. The second-order valence-electron chi connectivity index (χ2n) is 4.57. The van der Waals surface area contributed by atoms with Crippen molar-refractivity contribution >= 4 is 12.0 Å². The Labute approximate surface area is 109 Å². The Morgan fingerprint density at radius 2 is 1.61 bits per heavy atom. The lowest BCUT2D eigenvalue weighted by Gasteiger charge is -2.31. The predicted octanol–water partition coefficient (Wildman–Crippen LogP) is 2.51. The monoisotopic (exact) mass is 258 g/mol. The van der Waals surface area contributed by atoms with Crippen molar-refractivity contribution in [2.45, 2.75) is 64.8 Å². The van der Waals surface area contributed by atoms with Gasteiger partial charge in [-0.15, -0.1) is 0 Å². The van der Waals surface area contributed by atoms with Crippen molar-refractivity contribution in [3.63, 3.8) is 0 Å². The lowest BCUT2D eigenvalue weighted by Crippen LogP contribution is -2.51. The number of carbonyl (C=O) groups is 2. The summed E-state index contributed by atoms with van der Waals surface area (Å²) in [5, 5.41) is 14.3. The number of urea groups is 1. The maximum absolute atomic E-state index is 11.7. The summed E-state index contributed by atoms with van der Waals surface area (Å²) in [6, 6.07) is -0.157. The number of hydrogen-bond donors (Lipinski definition) is 3. The Balaban J connectivity index is 3.86. The molecule has 0 heterocycles. The average Bonchev–Trinajstić information content (AvgIpc) is 2.35. The van der Waals surface area contributed by atoms with Gasteiger partial charge in [0.15, 0.2) is 0 Å². The van der Waals surface area contributed by atoms with Crippen LogP contribution in [0.5, 0.6) is 0 Å². The smallest absolute Gasteiger partial charge is 0.315 e. The highest BCUT2D eigenvalue weighted by Crippen LogP contribution is 2.18. The summed E-state index contributed by atoms with van der Waals surface area (Å²) in [5.41, 5.74) is -0.120. The zero-order chi connectivity index (χ0) is 14.0. The fourth-order valence-electron chi connectivity index (χ4n) is 1.90. The van der Waals surface area contributed by atoms with Gasteiger partial charge in [-0.3, -0.25) is 4.79 Å². The molecule has 0 bridgehead atoms. The molecule has 106 valence electrons. The molecule has 3 N–H and O–H groups in total. The van der Waals surface area contributed by atoms with Crippen molar-refractivity contribution in [1.29, 1.82) is 0 Å². The first-order chi connectivity index (χ1) is 8.49. The summed E-state index contributed by atoms with van der Waals surface area (Å²) in [6.45, 7) is 6.73. The van der Waals surface area contributed by atoms with Crippen LogP contribution in [0.3, 0.4) is 0 Å². The zero-order valence-electron chi connectivity index (χ0n) is 11.7. The number of aliphatic carboxylic acids is 1. The van der Waals surface area contributed by atoms with Crippen LogP contribution in [0, 0.1) is 0 Å². The van der Waals surface area contributed by atoms with Crippen molar-refractivity contribution in [2.75, 3.05) is 6.54 Å². The van der Waals surface area contributed by atoms with E-state index in [0.717, 1.165) is 19.3 Å². The third kappa shape index (κ3) is 6.47. The molecular formula is C13H26N2O3. The first-order valence-electron chi connectivity index (χ1n) is 6.77. The van der Waals surface area contributed by atoms with Crippen LogP contribution in [0.1, 0.15) is 59.3 Å². The Kier molecular flexibility index (Phi) is 8.16. The van der Waals surface area contributed by atoms with Crippen LogP contribution in [0.25, 0.3) is 0 Å². The van der Waals surface area contributed by atoms with Gasteiger partial charge < -0.3 is 15.7 Å². The minimum Gasteiger partial charge on any atom is -0.481 e. The largest absolute Gasteiger partial charge is 0.481 e. The molecule has 0 saturated carbocycles.